The molecule has 1 heterocycles. The second-order valence-corrected chi connectivity index (χ2v) is 5.20. The number of carbonyl (C=O) groups is 1. The highest BCUT2D eigenvalue weighted by Gasteiger charge is 2.26. The number of nitrogens with one attached hydrogen (secondary N) is 2. The molecular weight excluding hydrogens is 271 g/mol. The van der Waals surface area contributed by atoms with Crippen LogP contribution >= 0.6 is 9.39 Å². The van der Waals surface area contributed by atoms with E-state index < -0.39 is 0 Å². The molecule has 1 aliphatic rings. The Morgan fingerprint density at radius 1 is 1.55 bits per heavy atom. The van der Waals surface area contributed by atoms with E-state index in [1.807, 2.05) is 13.8 Å². The van der Waals surface area contributed by atoms with E-state index in [4.69, 9.17) is 5.26 Å². The second-order valence-electron chi connectivity index (χ2n) is 4.86. The van der Waals surface area contributed by atoms with Gasteiger partial charge in [-0.15, -0.1) is 0 Å². The lowest BCUT2D eigenvalue weighted by Crippen LogP contribution is -2.47. The van der Waals surface area contributed by atoms with E-state index in [1.165, 1.54) is 0 Å². The van der Waals surface area contributed by atoms with Gasteiger partial charge in [0, 0.05) is 13.1 Å². The Morgan fingerprint density at radius 3 is 2.70 bits per heavy atom. The molecular formula is C14H29N4OP. The second kappa shape index (κ2) is 10.9. The highest BCUT2D eigenvalue weighted by Crippen LogP contribution is 2.15. The van der Waals surface area contributed by atoms with Crippen LogP contribution in [0, 0.1) is 17.4 Å². The Morgan fingerprint density at radius 2 is 2.20 bits per heavy atom. The number of rotatable bonds is 6. The molecule has 0 aliphatic carbocycles. The van der Waals surface area contributed by atoms with Crippen molar-refractivity contribution in [3.8, 4) is 6.19 Å². The van der Waals surface area contributed by atoms with Gasteiger partial charge >= 0.3 is 0 Å². The maximum absolute atomic E-state index is 12.0. The maximum atomic E-state index is 12.0. The lowest BCUT2D eigenvalue weighted by molar-refractivity contribution is -0.123. The Labute approximate surface area is 125 Å². The number of nitrogens with zero attached hydrogens (tertiary/aromatic N) is 2. The van der Waals surface area contributed by atoms with Crippen molar-refractivity contribution in [1.29, 1.82) is 5.26 Å². The highest BCUT2D eigenvalue weighted by molar-refractivity contribution is 7.13. The molecule has 1 amide bonds. The number of hydrogen-bond acceptors (Lipinski definition) is 4. The van der Waals surface area contributed by atoms with Gasteiger partial charge in [-0.2, -0.15) is 5.26 Å². The zero-order valence-corrected chi connectivity index (χ0v) is 14.3. The van der Waals surface area contributed by atoms with E-state index in [-0.39, 0.29) is 23.9 Å². The molecule has 0 spiro atoms. The monoisotopic (exact) mass is 300 g/mol. The van der Waals surface area contributed by atoms with E-state index in [1.54, 1.807) is 4.90 Å². The van der Waals surface area contributed by atoms with Gasteiger partial charge in [0.1, 0.15) is 0 Å². The third-order valence-corrected chi connectivity index (χ3v) is 4.05. The van der Waals surface area contributed by atoms with Gasteiger partial charge in [-0.05, 0) is 18.8 Å². The van der Waals surface area contributed by atoms with Crippen LogP contribution in [0.2, 0.25) is 0 Å². The van der Waals surface area contributed by atoms with Crippen LogP contribution in [0.25, 0.3) is 0 Å². The molecule has 0 radical (unpaired) electrons. The molecule has 2 N–H and O–H groups in total. The predicted octanol–water partition coefficient (Wildman–Crippen LogP) is 1.87. The first-order valence-corrected chi connectivity index (χ1v) is 8.12. The summed E-state index contributed by atoms with van der Waals surface area (Å²) in [4.78, 5) is 13.8. The highest BCUT2D eigenvalue weighted by atomic mass is 31.0. The van der Waals surface area contributed by atoms with E-state index in [2.05, 4.69) is 39.8 Å². The Balaban J connectivity index is 0.00000172. The molecule has 0 saturated carbocycles. The topological polar surface area (TPSA) is 68.2 Å². The molecule has 20 heavy (non-hydrogen) atoms. The molecule has 1 rings (SSSR count). The third-order valence-electron chi connectivity index (χ3n) is 3.69. The summed E-state index contributed by atoms with van der Waals surface area (Å²) in [5.74, 6) is 0.308. The average Bonchev–Trinajstić information content (AvgIpc) is 2.95. The van der Waals surface area contributed by atoms with Crippen LogP contribution in [-0.2, 0) is 4.79 Å². The summed E-state index contributed by atoms with van der Waals surface area (Å²) in [6, 6.07) is -0.0158. The molecule has 116 valence electrons. The van der Waals surface area contributed by atoms with Crippen molar-refractivity contribution < 1.29 is 4.79 Å². The zero-order valence-electron chi connectivity index (χ0n) is 13.1. The van der Waals surface area contributed by atoms with Crippen LogP contribution in [-0.4, -0.2) is 36.0 Å². The SMILES string of the molecule is CC.CC[C@H](C)[C@H](NP)C(=O)NCC1CCCN1C#N. The number of amides is 1. The van der Waals surface area contributed by atoms with E-state index in [9.17, 15) is 4.79 Å². The minimum absolute atomic E-state index is 0.0177. The fourth-order valence-electron chi connectivity index (χ4n) is 2.24. The summed E-state index contributed by atoms with van der Waals surface area (Å²) in [6.07, 6.45) is 5.14. The smallest absolute Gasteiger partial charge is 0.237 e. The molecule has 6 heteroatoms. The van der Waals surface area contributed by atoms with Crippen LogP contribution in [0.3, 0.4) is 0 Å². The van der Waals surface area contributed by atoms with E-state index in [0.29, 0.717) is 6.54 Å². The van der Waals surface area contributed by atoms with Crippen molar-refractivity contribution in [3.05, 3.63) is 0 Å². The lowest BCUT2D eigenvalue weighted by atomic mass is 9.99. The first-order valence-electron chi connectivity index (χ1n) is 7.54. The maximum Gasteiger partial charge on any atom is 0.237 e. The van der Waals surface area contributed by atoms with Crippen LogP contribution in [0.5, 0.6) is 0 Å². The van der Waals surface area contributed by atoms with Crippen LogP contribution in [0.15, 0.2) is 0 Å². The average molecular weight is 300 g/mol. The van der Waals surface area contributed by atoms with Crippen molar-refractivity contribution in [2.75, 3.05) is 13.1 Å². The largest absolute Gasteiger partial charge is 0.353 e. The summed E-state index contributed by atoms with van der Waals surface area (Å²) in [6.45, 7) is 9.50. The Hall–Kier alpha value is -0.850. The van der Waals surface area contributed by atoms with Gasteiger partial charge in [0.15, 0.2) is 6.19 Å². The molecule has 0 aromatic carbocycles. The molecule has 1 aliphatic heterocycles. The number of hydrogen-bond donors (Lipinski definition) is 2. The van der Waals surface area contributed by atoms with Gasteiger partial charge in [0.25, 0.3) is 0 Å². The number of nitriles is 1. The van der Waals surface area contributed by atoms with Gasteiger partial charge in [-0.25, -0.2) is 0 Å². The fourth-order valence-corrected chi connectivity index (χ4v) is 2.72. The molecule has 0 aromatic rings. The summed E-state index contributed by atoms with van der Waals surface area (Å²) in [5.41, 5.74) is 0. The quantitative estimate of drug-likeness (QED) is 0.580. The van der Waals surface area contributed by atoms with Crippen LogP contribution < -0.4 is 10.4 Å². The van der Waals surface area contributed by atoms with Gasteiger partial charge in [-0.3, -0.25) is 9.88 Å². The molecule has 4 atom stereocenters. The summed E-state index contributed by atoms with van der Waals surface area (Å²) in [5, 5.41) is 14.9. The molecule has 2 unspecified atom stereocenters. The first kappa shape index (κ1) is 19.1. The van der Waals surface area contributed by atoms with Crippen LogP contribution in [0.1, 0.15) is 47.0 Å². The summed E-state index contributed by atoms with van der Waals surface area (Å²) < 4.78 is 0. The van der Waals surface area contributed by atoms with Crippen LogP contribution in [0.4, 0.5) is 0 Å². The van der Waals surface area contributed by atoms with E-state index in [0.717, 1.165) is 25.8 Å². The molecule has 1 fully saturated rings. The summed E-state index contributed by atoms with van der Waals surface area (Å²) in [7, 11) is 2.41. The standard InChI is InChI=1S/C12H23N4OP.C2H6/c1-3-9(2)11(15-18)12(17)14-7-10-5-4-6-16(10)8-13;1-2/h9-11,15H,3-7,18H2,1-2H3,(H,14,17);1-2H3/t9-,10?,11-;/m0./s1. The van der Waals surface area contributed by atoms with Crippen molar-refractivity contribution >= 4 is 15.3 Å². The molecule has 1 saturated heterocycles. The minimum Gasteiger partial charge on any atom is -0.353 e. The Kier molecular flexibility index (Phi) is 10.4. The van der Waals surface area contributed by atoms with Gasteiger partial charge in [0.05, 0.1) is 12.1 Å². The van der Waals surface area contributed by atoms with E-state index >= 15 is 0 Å². The van der Waals surface area contributed by atoms with Crippen molar-refractivity contribution in [1.82, 2.24) is 15.3 Å². The fraction of sp³-hybridized carbons (Fsp3) is 0.857. The lowest BCUT2D eigenvalue weighted by Gasteiger charge is -2.24. The zero-order chi connectivity index (χ0) is 15.5. The first-order chi connectivity index (χ1) is 9.63. The van der Waals surface area contributed by atoms with Gasteiger partial charge in [-0.1, -0.05) is 43.5 Å². The van der Waals surface area contributed by atoms with Gasteiger partial charge < -0.3 is 10.2 Å². The van der Waals surface area contributed by atoms with Gasteiger partial charge in [0.2, 0.25) is 5.91 Å². The third kappa shape index (κ3) is 5.64. The predicted molar refractivity (Wildman–Crippen MR) is 85.8 cm³/mol. The van der Waals surface area contributed by atoms with Crippen molar-refractivity contribution in [2.24, 2.45) is 5.92 Å². The molecule has 5 nitrogen and oxygen atoms in total. The minimum atomic E-state index is -0.183. The number of carbonyl (C=O) groups excluding carboxylic acids is 1. The normalized spacial score (nSPS) is 20.4. The Bertz CT molecular complexity index is 319. The van der Waals surface area contributed by atoms with Crippen molar-refractivity contribution in [3.63, 3.8) is 0 Å². The molecule has 0 aromatic heterocycles. The van der Waals surface area contributed by atoms with Crippen molar-refractivity contribution in [2.45, 2.75) is 59.0 Å². The summed E-state index contributed by atoms with van der Waals surface area (Å²) >= 11 is 0. The number of likely N-dealkylation sites (tertiary alicyclic amines) is 1. The molecule has 0 bridgehead atoms.